The standard InChI is InChI=1S/C33H36ClN3O5/c1-8-37(31(40)27(35-32(41)42-33(5,6)7)19-23-14-16-24(38)17-15-23)29(25-18-20(2)12-13-21(25)3)30(39)36-28-22(4)10-9-11-26(28)34/h1,9-18,27,29,38H,19H2,2-7H3,(H,35,41)(H,36,39). The molecule has 8 nitrogen and oxygen atoms in total. The Morgan fingerprint density at radius 1 is 1.02 bits per heavy atom. The van der Waals surface area contributed by atoms with Crippen LogP contribution in [0.3, 0.4) is 0 Å². The number of aryl methyl sites for hydroxylation is 3. The summed E-state index contributed by atoms with van der Waals surface area (Å²) < 4.78 is 5.41. The number of nitrogens with zero attached hydrogens (tertiary/aromatic N) is 1. The Morgan fingerprint density at radius 2 is 1.69 bits per heavy atom. The zero-order chi connectivity index (χ0) is 31.2. The highest BCUT2D eigenvalue weighted by molar-refractivity contribution is 6.34. The third-order valence-corrected chi connectivity index (χ3v) is 6.76. The number of phenols is 1. The molecule has 0 aliphatic rings. The van der Waals surface area contributed by atoms with E-state index < -0.39 is 35.6 Å². The van der Waals surface area contributed by atoms with Crippen molar-refractivity contribution in [2.45, 2.75) is 65.6 Å². The van der Waals surface area contributed by atoms with Gasteiger partial charge in [0.05, 0.1) is 10.7 Å². The Morgan fingerprint density at radius 3 is 2.29 bits per heavy atom. The lowest BCUT2D eigenvalue weighted by Crippen LogP contribution is -2.52. The summed E-state index contributed by atoms with van der Waals surface area (Å²) in [4.78, 5) is 42.0. The third kappa shape index (κ3) is 8.27. The van der Waals surface area contributed by atoms with E-state index in [0.29, 0.717) is 21.8 Å². The maximum Gasteiger partial charge on any atom is 0.408 e. The van der Waals surface area contributed by atoms with Gasteiger partial charge in [-0.1, -0.05) is 66.1 Å². The van der Waals surface area contributed by atoms with Crippen molar-refractivity contribution in [3.05, 3.63) is 93.5 Å². The van der Waals surface area contributed by atoms with Gasteiger partial charge in [0.15, 0.2) is 0 Å². The molecule has 0 aliphatic heterocycles. The quantitative estimate of drug-likeness (QED) is 0.214. The maximum atomic E-state index is 14.2. The summed E-state index contributed by atoms with van der Waals surface area (Å²) in [5, 5.41) is 15.5. The van der Waals surface area contributed by atoms with Gasteiger partial charge in [0.1, 0.15) is 23.4 Å². The summed E-state index contributed by atoms with van der Waals surface area (Å²) in [5.41, 5.74) is 3.06. The number of nitrogens with one attached hydrogen (secondary N) is 2. The first-order valence-electron chi connectivity index (χ1n) is 13.4. The van der Waals surface area contributed by atoms with Crippen LogP contribution in [0.15, 0.2) is 60.7 Å². The van der Waals surface area contributed by atoms with Crippen LogP contribution in [0.2, 0.25) is 5.02 Å². The fourth-order valence-electron chi connectivity index (χ4n) is 4.38. The van der Waals surface area contributed by atoms with Crippen molar-refractivity contribution >= 4 is 35.2 Å². The van der Waals surface area contributed by atoms with Gasteiger partial charge in [-0.15, -0.1) is 0 Å². The zero-order valence-corrected chi connectivity index (χ0v) is 25.4. The lowest BCUT2D eigenvalue weighted by Gasteiger charge is -2.31. The number of para-hydroxylation sites is 1. The first kappa shape index (κ1) is 32.0. The third-order valence-electron chi connectivity index (χ3n) is 6.45. The minimum Gasteiger partial charge on any atom is -0.508 e. The number of anilines is 1. The molecule has 3 aromatic carbocycles. The molecule has 9 heteroatoms. The Labute approximate surface area is 252 Å². The van der Waals surface area contributed by atoms with Gasteiger partial charge in [-0.05, 0) is 82.0 Å². The highest BCUT2D eigenvalue weighted by Crippen LogP contribution is 2.31. The van der Waals surface area contributed by atoms with Gasteiger partial charge in [0.25, 0.3) is 11.8 Å². The summed E-state index contributed by atoms with van der Waals surface area (Å²) in [7, 11) is 0. The van der Waals surface area contributed by atoms with Crippen molar-refractivity contribution in [1.29, 1.82) is 0 Å². The molecule has 0 saturated heterocycles. The van der Waals surface area contributed by atoms with E-state index in [1.807, 2.05) is 26.0 Å². The van der Waals surface area contributed by atoms with Crippen LogP contribution in [-0.2, 0) is 20.7 Å². The first-order valence-corrected chi connectivity index (χ1v) is 13.8. The summed E-state index contributed by atoms with van der Waals surface area (Å²) in [6.07, 6.45) is 5.14. The van der Waals surface area contributed by atoms with Gasteiger partial charge in [0.2, 0.25) is 0 Å². The lowest BCUT2D eigenvalue weighted by atomic mass is 9.95. The van der Waals surface area contributed by atoms with Crippen LogP contribution in [0.1, 0.15) is 54.6 Å². The summed E-state index contributed by atoms with van der Waals surface area (Å²) in [6, 6.07) is 16.9. The highest BCUT2D eigenvalue weighted by atomic mass is 35.5. The number of ether oxygens (including phenoxy) is 1. The van der Waals surface area contributed by atoms with Crippen LogP contribution in [0, 0.1) is 33.2 Å². The number of benzene rings is 3. The number of terminal acetylenes is 1. The van der Waals surface area contributed by atoms with Crippen LogP contribution in [0.4, 0.5) is 10.5 Å². The molecule has 3 N–H and O–H groups in total. The number of aromatic hydroxyl groups is 1. The zero-order valence-electron chi connectivity index (χ0n) is 24.6. The largest absolute Gasteiger partial charge is 0.508 e. The molecule has 0 spiro atoms. The lowest BCUT2D eigenvalue weighted by molar-refractivity contribution is -0.136. The molecule has 220 valence electrons. The number of halogens is 1. The number of carbonyl (C=O) groups is 3. The SMILES string of the molecule is C#CN(C(=O)C(Cc1ccc(O)cc1)NC(=O)OC(C)(C)C)C(C(=O)Nc1c(C)cccc1Cl)c1cc(C)ccc1C. The second-order valence-electron chi connectivity index (χ2n) is 11.1. The van der Waals surface area contributed by atoms with Gasteiger partial charge in [-0.2, -0.15) is 0 Å². The molecular formula is C33H36ClN3O5. The van der Waals surface area contributed by atoms with Gasteiger partial charge in [-0.25, -0.2) is 4.79 Å². The van der Waals surface area contributed by atoms with E-state index in [1.165, 1.54) is 12.1 Å². The van der Waals surface area contributed by atoms with Crippen molar-refractivity contribution in [2.24, 2.45) is 0 Å². The Bertz CT molecular complexity index is 1490. The summed E-state index contributed by atoms with van der Waals surface area (Å²) in [6.45, 7) is 10.6. The summed E-state index contributed by atoms with van der Waals surface area (Å²) >= 11 is 6.40. The molecule has 0 aliphatic carbocycles. The molecule has 0 fully saturated rings. The van der Waals surface area contributed by atoms with Crippen molar-refractivity contribution in [2.75, 3.05) is 5.32 Å². The normalized spacial score (nSPS) is 12.4. The van der Waals surface area contributed by atoms with E-state index in [1.54, 1.807) is 64.1 Å². The Kier molecular flexibility index (Phi) is 10.3. The van der Waals surface area contributed by atoms with Crippen molar-refractivity contribution in [3.8, 4) is 18.2 Å². The minimum absolute atomic E-state index is 0.0152. The van der Waals surface area contributed by atoms with Gasteiger partial charge >= 0.3 is 6.09 Å². The number of phenolic OH excluding ortho intramolecular Hbond substituents is 1. The Hall–Kier alpha value is -4.48. The van der Waals surface area contributed by atoms with E-state index in [2.05, 4.69) is 16.7 Å². The predicted octanol–water partition coefficient (Wildman–Crippen LogP) is 6.21. The minimum atomic E-state index is -1.26. The molecule has 3 aromatic rings. The molecule has 42 heavy (non-hydrogen) atoms. The molecular weight excluding hydrogens is 554 g/mol. The second-order valence-corrected chi connectivity index (χ2v) is 11.5. The van der Waals surface area contributed by atoms with Crippen molar-refractivity contribution in [3.63, 3.8) is 0 Å². The molecule has 0 saturated carbocycles. The topological polar surface area (TPSA) is 108 Å². The maximum absolute atomic E-state index is 14.2. The fraction of sp³-hybridized carbons (Fsp3) is 0.303. The van der Waals surface area contributed by atoms with Crippen molar-refractivity contribution < 1.29 is 24.2 Å². The number of carbonyl (C=O) groups excluding carboxylic acids is 3. The highest BCUT2D eigenvalue weighted by Gasteiger charge is 2.37. The molecule has 0 heterocycles. The van der Waals surface area contributed by atoms with E-state index in [0.717, 1.165) is 21.6 Å². The average molecular weight is 590 g/mol. The number of hydrogen-bond acceptors (Lipinski definition) is 5. The molecule has 3 rings (SSSR count). The number of amides is 3. The molecule has 2 atom stereocenters. The molecule has 0 radical (unpaired) electrons. The van der Waals surface area contributed by atoms with Crippen molar-refractivity contribution in [1.82, 2.24) is 10.2 Å². The number of hydrogen-bond donors (Lipinski definition) is 3. The van der Waals surface area contributed by atoms with Crippen LogP contribution in [0.5, 0.6) is 5.75 Å². The number of rotatable bonds is 8. The number of alkyl carbamates (subject to hydrolysis) is 1. The van der Waals surface area contributed by atoms with E-state index in [-0.39, 0.29) is 12.2 Å². The molecule has 0 bridgehead atoms. The fourth-order valence-corrected chi connectivity index (χ4v) is 4.65. The Balaban J connectivity index is 2.09. The van der Waals surface area contributed by atoms with E-state index >= 15 is 0 Å². The van der Waals surface area contributed by atoms with E-state index in [9.17, 15) is 19.5 Å². The predicted molar refractivity (Wildman–Crippen MR) is 164 cm³/mol. The van der Waals surface area contributed by atoms with Crippen LogP contribution in [-0.4, -0.2) is 39.6 Å². The first-order chi connectivity index (χ1) is 19.7. The van der Waals surface area contributed by atoms with Crippen LogP contribution >= 0.6 is 11.6 Å². The summed E-state index contributed by atoms with van der Waals surface area (Å²) in [5.74, 6) is -1.23. The molecule has 2 unspecified atom stereocenters. The second kappa shape index (κ2) is 13.5. The van der Waals surface area contributed by atoms with E-state index in [4.69, 9.17) is 22.8 Å². The smallest absolute Gasteiger partial charge is 0.408 e. The molecule has 3 amide bonds. The average Bonchev–Trinajstić information content (AvgIpc) is 2.90. The van der Waals surface area contributed by atoms with Gasteiger partial charge in [0, 0.05) is 12.5 Å². The van der Waals surface area contributed by atoms with Gasteiger partial charge in [-0.3, -0.25) is 14.5 Å². The monoisotopic (exact) mass is 589 g/mol. The van der Waals surface area contributed by atoms with Gasteiger partial charge < -0.3 is 20.5 Å². The van der Waals surface area contributed by atoms with Crippen LogP contribution in [0.25, 0.3) is 0 Å². The molecule has 0 aromatic heterocycles. The van der Waals surface area contributed by atoms with Crippen LogP contribution < -0.4 is 10.6 Å².